The summed E-state index contributed by atoms with van der Waals surface area (Å²) in [6.45, 7) is 7.14. The van der Waals surface area contributed by atoms with Crippen molar-refractivity contribution in [2.45, 2.75) is 58.6 Å². The van der Waals surface area contributed by atoms with Crippen LogP contribution in [0.15, 0.2) is 30.5 Å². The van der Waals surface area contributed by atoms with E-state index >= 15 is 0 Å². The number of ether oxygens (including phenoxy) is 1. The number of anilines is 3. The van der Waals surface area contributed by atoms with Crippen molar-refractivity contribution in [3.8, 4) is 17.9 Å². The van der Waals surface area contributed by atoms with Crippen LogP contribution in [0.3, 0.4) is 0 Å². The first kappa shape index (κ1) is 27.5. The second-order valence-corrected chi connectivity index (χ2v) is 10.3. The number of hydrogen-bond acceptors (Lipinski definition) is 8. The molecule has 3 rings (SSSR count). The fraction of sp³-hybridized carbons (Fsp3) is 0.464. The molecule has 0 aliphatic heterocycles. The maximum atomic E-state index is 12.7. The van der Waals surface area contributed by atoms with Crippen LogP contribution >= 0.6 is 0 Å². The lowest BCUT2D eigenvalue weighted by molar-refractivity contribution is -0.125. The number of likely N-dealkylation sites (N-methyl/N-ethyl adjacent to an activating group) is 1. The number of hydrogen-bond donors (Lipinski definition) is 2. The highest BCUT2D eigenvalue weighted by molar-refractivity contribution is 5.87. The van der Waals surface area contributed by atoms with Crippen LogP contribution in [-0.2, 0) is 9.53 Å². The number of nitriles is 1. The summed E-state index contributed by atoms with van der Waals surface area (Å²) < 4.78 is 5.36. The van der Waals surface area contributed by atoms with Gasteiger partial charge in [0.1, 0.15) is 11.4 Å². The van der Waals surface area contributed by atoms with Crippen LogP contribution in [-0.4, -0.2) is 52.5 Å². The predicted octanol–water partition coefficient (Wildman–Crippen LogP) is 4.73. The molecule has 1 aromatic heterocycles. The fourth-order valence-corrected chi connectivity index (χ4v) is 3.88. The standard InChI is InChI=1S/C28H34N6O3/c1-18(34(6)27(36)37-28(2,3)4)24(35)15-21-12-19(13-21)10-11-22-17-31-26(33-25(22)30-5)32-23-9-7-8-20(14-23)16-29/h7-9,14,17-19,21H,12-13,15H2,1-6H3,(H2,30,31,32,33)/t18-,19?,21?/m0/s1. The van der Waals surface area contributed by atoms with Crippen LogP contribution in [0, 0.1) is 35.0 Å². The first-order valence-corrected chi connectivity index (χ1v) is 12.3. The van der Waals surface area contributed by atoms with Crippen LogP contribution in [0.4, 0.5) is 22.2 Å². The number of nitrogens with one attached hydrogen (secondary N) is 2. The zero-order valence-electron chi connectivity index (χ0n) is 22.3. The van der Waals surface area contributed by atoms with Gasteiger partial charge in [-0.2, -0.15) is 10.2 Å². The van der Waals surface area contributed by atoms with Crippen molar-refractivity contribution in [3.05, 3.63) is 41.6 Å². The molecular weight excluding hydrogens is 468 g/mol. The Morgan fingerprint density at radius 3 is 2.68 bits per heavy atom. The summed E-state index contributed by atoms with van der Waals surface area (Å²) in [5.41, 5.74) is 1.35. The second kappa shape index (κ2) is 11.7. The topological polar surface area (TPSA) is 120 Å². The summed E-state index contributed by atoms with van der Waals surface area (Å²) in [6.07, 6.45) is 3.27. The molecule has 9 heteroatoms. The van der Waals surface area contributed by atoms with E-state index < -0.39 is 17.7 Å². The summed E-state index contributed by atoms with van der Waals surface area (Å²) in [4.78, 5) is 35.1. The molecule has 1 fully saturated rings. The third kappa shape index (κ3) is 7.68. The Kier molecular flexibility index (Phi) is 8.73. The molecule has 1 saturated carbocycles. The largest absolute Gasteiger partial charge is 0.444 e. The Labute approximate surface area is 218 Å². The number of aromatic nitrogens is 2. The maximum absolute atomic E-state index is 12.7. The minimum absolute atomic E-state index is 0.0269. The molecule has 2 aromatic rings. The smallest absolute Gasteiger partial charge is 0.410 e. The number of carbonyl (C=O) groups excluding carboxylic acids is 2. The quantitative estimate of drug-likeness (QED) is 0.522. The van der Waals surface area contributed by atoms with E-state index in [1.807, 2.05) is 6.07 Å². The highest BCUT2D eigenvalue weighted by atomic mass is 16.6. The van der Waals surface area contributed by atoms with E-state index in [1.54, 1.807) is 66.2 Å². The molecule has 0 unspecified atom stereocenters. The van der Waals surface area contributed by atoms with Gasteiger partial charge < -0.3 is 20.3 Å². The molecule has 2 N–H and O–H groups in total. The van der Waals surface area contributed by atoms with Gasteiger partial charge in [0, 0.05) is 32.1 Å². The number of carbonyl (C=O) groups is 2. The van der Waals surface area contributed by atoms with Gasteiger partial charge in [-0.3, -0.25) is 4.79 Å². The average Bonchev–Trinajstić information content (AvgIpc) is 2.83. The van der Waals surface area contributed by atoms with Gasteiger partial charge >= 0.3 is 6.09 Å². The first-order chi connectivity index (χ1) is 17.5. The van der Waals surface area contributed by atoms with Gasteiger partial charge in [-0.15, -0.1) is 0 Å². The first-order valence-electron chi connectivity index (χ1n) is 12.3. The fourth-order valence-electron chi connectivity index (χ4n) is 3.88. The van der Waals surface area contributed by atoms with Crippen LogP contribution in [0.1, 0.15) is 58.1 Å². The highest BCUT2D eigenvalue weighted by Crippen LogP contribution is 2.36. The van der Waals surface area contributed by atoms with Gasteiger partial charge in [0.25, 0.3) is 0 Å². The summed E-state index contributed by atoms with van der Waals surface area (Å²) in [5, 5.41) is 15.2. The molecular formula is C28H34N6O3. The molecule has 0 saturated heterocycles. The number of rotatable bonds is 7. The Morgan fingerprint density at radius 2 is 2.03 bits per heavy atom. The molecule has 1 amide bonds. The molecule has 0 radical (unpaired) electrons. The van der Waals surface area contributed by atoms with E-state index in [0.717, 1.165) is 18.5 Å². The summed E-state index contributed by atoms with van der Waals surface area (Å²) in [5.74, 6) is 7.93. The summed E-state index contributed by atoms with van der Waals surface area (Å²) in [7, 11) is 3.37. The third-order valence-corrected chi connectivity index (χ3v) is 6.14. The highest BCUT2D eigenvalue weighted by Gasteiger charge is 2.33. The van der Waals surface area contributed by atoms with E-state index in [-0.39, 0.29) is 17.6 Å². The molecule has 0 spiro atoms. The average molecular weight is 503 g/mol. The molecule has 1 atom stereocenters. The normalized spacial score (nSPS) is 17.2. The van der Waals surface area contributed by atoms with Gasteiger partial charge in [-0.1, -0.05) is 17.9 Å². The Balaban J connectivity index is 1.53. The van der Waals surface area contributed by atoms with Crippen molar-refractivity contribution >= 4 is 29.3 Å². The van der Waals surface area contributed by atoms with Gasteiger partial charge in [0.2, 0.25) is 5.95 Å². The van der Waals surface area contributed by atoms with Crippen molar-refractivity contribution < 1.29 is 14.3 Å². The van der Waals surface area contributed by atoms with Crippen LogP contribution < -0.4 is 10.6 Å². The van der Waals surface area contributed by atoms with Crippen molar-refractivity contribution in [2.24, 2.45) is 11.8 Å². The second-order valence-electron chi connectivity index (χ2n) is 10.3. The predicted molar refractivity (Wildman–Crippen MR) is 142 cm³/mol. The minimum atomic E-state index is -0.604. The monoisotopic (exact) mass is 502 g/mol. The Bertz CT molecular complexity index is 1250. The van der Waals surface area contributed by atoms with Gasteiger partial charge in [0.05, 0.1) is 29.4 Å². The van der Waals surface area contributed by atoms with Crippen LogP contribution in [0.5, 0.6) is 0 Å². The zero-order valence-corrected chi connectivity index (χ0v) is 22.3. The molecule has 1 heterocycles. The molecule has 9 nitrogen and oxygen atoms in total. The van der Waals surface area contributed by atoms with E-state index in [1.165, 1.54) is 4.90 Å². The number of benzene rings is 1. The lowest BCUT2D eigenvalue weighted by atomic mass is 9.72. The summed E-state index contributed by atoms with van der Waals surface area (Å²) in [6, 6.07) is 8.66. The number of amides is 1. The SMILES string of the molecule is CNc1nc(Nc2cccc(C#N)c2)ncc1C#CC1CC(CC(=O)[C@H](C)N(C)C(=O)OC(C)(C)C)C1. The Hall–Kier alpha value is -4.11. The molecule has 37 heavy (non-hydrogen) atoms. The number of nitrogens with zero attached hydrogens (tertiary/aromatic N) is 4. The maximum Gasteiger partial charge on any atom is 0.410 e. The molecule has 1 aliphatic rings. The van der Waals surface area contributed by atoms with Gasteiger partial charge in [-0.05, 0) is 64.7 Å². The van der Waals surface area contributed by atoms with Crippen molar-refractivity contribution in [3.63, 3.8) is 0 Å². The number of ketones is 1. The number of Topliss-reactive ketones (excluding diaryl/α,β-unsaturated/α-hetero) is 1. The lowest BCUT2D eigenvalue weighted by Gasteiger charge is -2.33. The minimum Gasteiger partial charge on any atom is -0.444 e. The van der Waals surface area contributed by atoms with E-state index in [2.05, 4.69) is 38.5 Å². The third-order valence-electron chi connectivity index (χ3n) is 6.14. The van der Waals surface area contributed by atoms with Crippen LogP contribution in [0.2, 0.25) is 0 Å². The zero-order chi connectivity index (χ0) is 27.2. The lowest BCUT2D eigenvalue weighted by Crippen LogP contribution is -2.44. The van der Waals surface area contributed by atoms with Crippen molar-refractivity contribution in [1.29, 1.82) is 5.26 Å². The van der Waals surface area contributed by atoms with Crippen molar-refractivity contribution in [2.75, 3.05) is 24.7 Å². The molecule has 194 valence electrons. The van der Waals surface area contributed by atoms with E-state index in [0.29, 0.717) is 29.3 Å². The van der Waals surface area contributed by atoms with E-state index in [4.69, 9.17) is 10.00 Å². The van der Waals surface area contributed by atoms with E-state index in [9.17, 15) is 9.59 Å². The van der Waals surface area contributed by atoms with Crippen molar-refractivity contribution in [1.82, 2.24) is 14.9 Å². The van der Waals surface area contributed by atoms with Gasteiger partial charge in [-0.25, -0.2) is 9.78 Å². The molecule has 1 aliphatic carbocycles. The van der Waals surface area contributed by atoms with Crippen LogP contribution in [0.25, 0.3) is 0 Å². The molecule has 1 aromatic carbocycles. The summed E-state index contributed by atoms with van der Waals surface area (Å²) >= 11 is 0. The Morgan fingerprint density at radius 1 is 1.30 bits per heavy atom. The van der Waals surface area contributed by atoms with Gasteiger partial charge in [0.15, 0.2) is 5.78 Å². The molecule has 0 bridgehead atoms.